The zero-order valence-corrected chi connectivity index (χ0v) is 11.5. The highest BCUT2D eigenvalue weighted by molar-refractivity contribution is 5.94. The number of amides is 1. The molecule has 3 aromatic rings. The second kappa shape index (κ2) is 5.28. The van der Waals surface area contributed by atoms with Gasteiger partial charge < -0.3 is 14.9 Å². The average molecular weight is 282 g/mol. The number of hydrogen-bond donors (Lipinski definition) is 2. The summed E-state index contributed by atoms with van der Waals surface area (Å²) in [4.78, 5) is 12.0. The molecular weight excluding hydrogens is 268 g/mol. The Balaban J connectivity index is 1.77. The molecule has 0 fully saturated rings. The monoisotopic (exact) mass is 282 g/mol. The van der Waals surface area contributed by atoms with Crippen molar-refractivity contribution in [3.05, 3.63) is 53.7 Å². The van der Waals surface area contributed by atoms with E-state index in [1.807, 2.05) is 25.1 Å². The van der Waals surface area contributed by atoms with Crippen LogP contribution >= 0.6 is 0 Å². The van der Waals surface area contributed by atoms with Crippen molar-refractivity contribution in [1.82, 2.24) is 5.16 Å². The second-order valence-corrected chi connectivity index (χ2v) is 4.90. The number of anilines is 1. The number of nitrogens with one attached hydrogen (secondary N) is 1. The summed E-state index contributed by atoms with van der Waals surface area (Å²) >= 11 is 0. The maximum absolute atomic E-state index is 12.0. The molecule has 0 saturated carbocycles. The first-order valence-corrected chi connectivity index (χ1v) is 6.55. The Morgan fingerprint density at radius 3 is 2.76 bits per heavy atom. The smallest absolute Gasteiger partial charge is 0.230 e. The van der Waals surface area contributed by atoms with E-state index in [1.165, 1.54) is 12.1 Å². The Morgan fingerprint density at radius 2 is 2.00 bits per heavy atom. The molecule has 1 amide bonds. The number of carbonyl (C=O) groups excluding carboxylic acids is 1. The highest BCUT2D eigenvalue weighted by Crippen LogP contribution is 2.21. The Bertz CT molecular complexity index is 791. The number of nitrogens with zero attached hydrogens (tertiary/aromatic N) is 1. The number of phenolic OH excluding ortho intramolecular Hbond substituents is 1. The first-order chi connectivity index (χ1) is 10.1. The molecular formula is C16H14N2O3. The summed E-state index contributed by atoms with van der Waals surface area (Å²) < 4.78 is 5.21. The number of hydrogen-bond acceptors (Lipinski definition) is 4. The summed E-state index contributed by atoms with van der Waals surface area (Å²) in [6, 6.07) is 12.0. The van der Waals surface area contributed by atoms with Crippen LogP contribution in [0, 0.1) is 6.92 Å². The van der Waals surface area contributed by atoms with Crippen LogP contribution in [0.3, 0.4) is 0 Å². The molecule has 106 valence electrons. The van der Waals surface area contributed by atoms with Crippen molar-refractivity contribution in [2.45, 2.75) is 13.3 Å². The standard InChI is InChI=1S/C16H14N2O3/c1-10-2-7-15-13(8-10)14(18-21-15)9-16(20)17-11-3-5-12(19)6-4-11/h2-8,19H,9H2,1H3,(H,17,20). The number of phenols is 1. The molecule has 0 spiro atoms. The van der Waals surface area contributed by atoms with Gasteiger partial charge in [-0.2, -0.15) is 0 Å². The first-order valence-electron chi connectivity index (χ1n) is 6.55. The number of carbonyl (C=O) groups is 1. The Hall–Kier alpha value is -2.82. The molecule has 0 aliphatic heterocycles. The molecule has 0 unspecified atom stereocenters. The Kier molecular flexibility index (Phi) is 3.31. The third-order valence-electron chi connectivity index (χ3n) is 3.18. The van der Waals surface area contributed by atoms with Gasteiger partial charge >= 0.3 is 0 Å². The van der Waals surface area contributed by atoms with Crippen LogP contribution in [0.25, 0.3) is 11.0 Å². The SMILES string of the molecule is Cc1ccc2onc(CC(=O)Nc3ccc(O)cc3)c2c1. The second-order valence-electron chi connectivity index (χ2n) is 4.90. The number of fused-ring (bicyclic) bond motifs is 1. The van der Waals surface area contributed by atoms with Gasteiger partial charge in [0.1, 0.15) is 11.4 Å². The number of benzene rings is 2. The number of rotatable bonds is 3. The summed E-state index contributed by atoms with van der Waals surface area (Å²) in [7, 11) is 0. The van der Waals surface area contributed by atoms with Crippen molar-refractivity contribution < 1.29 is 14.4 Å². The van der Waals surface area contributed by atoms with Crippen LogP contribution in [0.4, 0.5) is 5.69 Å². The molecule has 2 N–H and O–H groups in total. The molecule has 0 atom stereocenters. The van der Waals surface area contributed by atoms with Crippen LogP contribution in [-0.2, 0) is 11.2 Å². The molecule has 0 aliphatic rings. The number of aromatic hydroxyl groups is 1. The minimum atomic E-state index is -0.183. The topological polar surface area (TPSA) is 75.4 Å². The molecule has 2 aromatic carbocycles. The van der Waals surface area contributed by atoms with E-state index < -0.39 is 0 Å². The van der Waals surface area contributed by atoms with Crippen molar-refractivity contribution in [2.24, 2.45) is 0 Å². The van der Waals surface area contributed by atoms with Crippen LogP contribution in [0.1, 0.15) is 11.3 Å². The molecule has 1 aromatic heterocycles. The molecule has 21 heavy (non-hydrogen) atoms. The zero-order chi connectivity index (χ0) is 14.8. The van der Waals surface area contributed by atoms with Gasteiger partial charge in [0.05, 0.1) is 6.42 Å². The molecule has 5 nitrogen and oxygen atoms in total. The van der Waals surface area contributed by atoms with Crippen LogP contribution in [0.2, 0.25) is 0 Å². The highest BCUT2D eigenvalue weighted by Gasteiger charge is 2.12. The predicted octanol–water partition coefficient (Wildman–Crippen LogP) is 3.02. The Morgan fingerprint density at radius 1 is 1.24 bits per heavy atom. The molecule has 1 heterocycles. The van der Waals surface area contributed by atoms with Gasteiger partial charge in [0.25, 0.3) is 0 Å². The van der Waals surface area contributed by atoms with Gasteiger partial charge in [-0.15, -0.1) is 0 Å². The lowest BCUT2D eigenvalue weighted by molar-refractivity contribution is -0.115. The quantitative estimate of drug-likeness (QED) is 0.724. The van der Waals surface area contributed by atoms with E-state index >= 15 is 0 Å². The van der Waals surface area contributed by atoms with Gasteiger partial charge in [0, 0.05) is 11.1 Å². The van der Waals surface area contributed by atoms with E-state index in [0.29, 0.717) is 17.0 Å². The maximum Gasteiger partial charge on any atom is 0.230 e. The normalized spacial score (nSPS) is 10.7. The van der Waals surface area contributed by atoms with E-state index in [-0.39, 0.29) is 18.1 Å². The van der Waals surface area contributed by atoms with E-state index in [1.54, 1.807) is 12.1 Å². The molecule has 0 saturated heterocycles. The minimum Gasteiger partial charge on any atom is -0.508 e. The summed E-state index contributed by atoms with van der Waals surface area (Å²) in [6.07, 6.45) is 0.136. The number of aryl methyl sites for hydroxylation is 1. The van der Waals surface area contributed by atoms with Crippen molar-refractivity contribution in [2.75, 3.05) is 5.32 Å². The van der Waals surface area contributed by atoms with Crippen molar-refractivity contribution in [1.29, 1.82) is 0 Å². The minimum absolute atomic E-state index is 0.136. The third kappa shape index (κ3) is 2.86. The molecule has 0 radical (unpaired) electrons. The predicted molar refractivity (Wildman–Crippen MR) is 79.2 cm³/mol. The number of aromatic nitrogens is 1. The molecule has 3 rings (SSSR count). The largest absolute Gasteiger partial charge is 0.508 e. The van der Waals surface area contributed by atoms with Gasteiger partial charge in [-0.3, -0.25) is 4.79 Å². The van der Waals surface area contributed by atoms with Crippen LogP contribution < -0.4 is 5.32 Å². The van der Waals surface area contributed by atoms with E-state index in [0.717, 1.165) is 10.9 Å². The molecule has 0 bridgehead atoms. The van der Waals surface area contributed by atoms with Gasteiger partial charge in [0.15, 0.2) is 5.58 Å². The van der Waals surface area contributed by atoms with E-state index in [9.17, 15) is 9.90 Å². The van der Waals surface area contributed by atoms with Crippen LogP contribution in [0.5, 0.6) is 5.75 Å². The summed E-state index contributed by atoms with van der Waals surface area (Å²) in [6.45, 7) is 1.98. The van der Waals surface area contributed by atoms with Gasteiger partial charge in [-0.05, 0) is 43.3 Å². The van der Waals surface area contributed by atoms with Gasteiger partial charge in [-0.25, -0.2) is 0 Å². The lowest BCUT2D eigenvalue weighted by Crippen LogP contribution is -2.14. The van der Waals surface area contributed by atoms with Crippen LogP contribution in [-0.4, -0.2) is 16.2 Å². The summed E-state index contributed by atoms with van der Waals surface area (Å²) in [5, 5.41) is 16.8. The molecule has 5 heteroatoms. The summed E-state index contributed by atoms with van der Waals surface area (Å²) in [5.74, 6) is -0.0247. The third-order valence-corrected chi connectivity index (χ3v) is 3.18. The maximum atomic E-state index is 12.0. The zero-order valence-electron chi connectivity index (χ0n) is 11.5. The fourth-order valence-corrected chi connectivity index (χ4v) is 2.13. The van der Waals surface area contributed by atoms with Gasteiger partial charge in [-0.1, -0.05) is 16.8 Å². The first kappa shape index (κ1) is 13.2. The fourth-order valence-electron chi connectivity index (χ4n) is 2.13. The Labute approximate surface area is 121 Å². The van der Waals surface area contributed by atoms with Crippen molar-refractivity contribution in [3.63, 3.8) is 0 Å². The summed E-state index contributed by atoms with van der Waals surface area (Å²) in [5.41, 5.74) is 3.01. The molecule has 0 aliphatic carbocycles. The lowest BCUT2D eigenvalue weighted by Gasteiger charge is -2.04. The fraction of sp³-hybridized carbons (Fsp3) is 0.125. The van der Waals surface area contributed by atoms with Crippen molar-refractivity contribution >= 4 is 22.6 Å². The lowest BCUT2D eigenvalue weighted by atomic mass is 10.1. The van der Waals surface area contributed by atoms with Crippen LogP contribution in [0.15, 0.2) is 47.0 Å². The van der Waals surface area contributed by atoms with Gasteiger partial charge in [0.2, 0.25) is 5.91 Å². The van der Waals surface area contributed by atoms with E-state index in [2.05, 4.69) is 10.5 Å². The van der Waals surface area contributed by atoms with Crippen molar-refractivity contribution in [3.8, 4) is 5.75 Å². The highest BCUT2D eigenvalue weighted by atomic mass is 16.5. The average Bonchev–Trinajstić information content (AvgIpc) is 2.84. The van der Waals surface area contributed by atoms with E-state index in [4.69, 9.17) is 4.52 Å².